The molecule has 10 heteroatoms. The van der Waals surface area contributed by atoms with Crippen molar-refractivity contribution in [3.63, 3.8) is 0 Å². The molecule has 140 valence electrons. The molecule has 26 heavy (non-hydrogen) atoms. The number of hydrogen-bond acceptors (Lipinski definition) is 3. The van der Waals surface area contributed by atoms with Crippen LogP contribution in [-0.2, 0) is 20.6 Å². The molecule has 1 unspecified atom stereocenters. The SMILES string of the molecule is O=C1C2=C(CCCC2)C(=O)N1c1cc(CC(Br)P(=O)(O)O)c(Cl)cc1F. The Morgan fingerprint density at radius 3 is 2.23 bits per heavy atom. The Morgan fingerprint density at radius 2 is 1.73 bits per heavy atom. The van der Waals surface area contributed by atoms with E-state index in [9.17, 15) is 28.3 Å². The molecule has 0 bridgehead atoms. The number of imide groups is 1. The molecule has 1 atom stereocenters. The number of anilines is 1. The zero-order valence-electron chi connectivity index (χ0n) is 13.4. The Bertz CT molecular complexity index is 856. The van der Waals surface area contributed by atoms with Gasteiger partial charge in [0, 0.05) is 16.2 Å². The fraction of sp³-hybridized carbons (Fsp3) is 0.375. The third kappa shape index (κ3) is 3.53. The molecule has 1 aliphatic carbocycles. The highest BCUT2D eigenvalue weighted by molar-refractivity contribution is 9.10. The van der Waals surface area contributed by atoms with E-state index < -0.39 is 29.8 Å². The van der Waals surface area contributed by atoms with Gasteiger partial charge in [0.15, 0.2) is 0 Å². The number of nitrogens with zero attached hydrogens (tertiary/aromatic N) is 1. The van der Waals surface area contributed by atoms with Gasteiger partial charge in [0.2, 0.25) is 0 Å². The van der Waals surface area contributed by atoms with Gasteiger partial charge in [-0.15, -0.1) is 0 Å². The predicted molar refractivity (Wildman–Crippen MR) is 97.9 cm³/mol. The lowest BCUT2D eigenvalue weighted by Crippen LogP contribution is -2.32. The van der Waals surface area contributed by atoms with Crippen LogP contribution < -0.4 is 4.90 Å². The van der Waals surface area contributed by atoms with Crippen molar-refractivity contribution in [3.05, 3.63) is 39.7 Å². The highest BCUT2D eigenvalue weighted by Crippen LogP contribution is 2.47. The zero-order chi connectivity index (χ0) is 19.2. The van der Waals surface area contributed by atoms with Gasteiger partial charge in [0.25, 0.3) is 11.8 Å². The van der Waals surface area contributed by atoms with Crippen molar-refractivity contribution in [2.45, 2.75) is 36.7 Å². The van der Waals surface area contributed by atoms with E-state index in [0.29, 0.717) is 24.0 Å². The Morgan fingerprint density at radius 1 is 1.19 bits per heavy atom. The van der Waals surface area contributed by atoms with Crippen molar-refractivity contribution in [1.82, 2.24) is 0 Å². The molecule has 2 amide bonds. The molecule has 0 saturated heterocycles. The molecule has 2 N–H and O–H groups in total. The molecular weight excluding hydrogens is 452 g/mol. The molecule has 0 saturated carbocycles. The molecule has 1 heterocycles. The van der Waals surface area contributed by atoms with Crippen LogP contribution in [0.2, 0.25) is 5.02 Å². The summed E-state index contributed by atoms with van der Waals surface area (Å²) in [5.74, 6) is -1.92. The fourth-order valence-corrected chi connectivity index (χ4v) is 4.18. The van der Waals surface area contributed by atoms with Crippen LogP contribution in [0.5, 0.6) is 0 Å². The highest BCUT2D eigenvalue weighted by atomic mass is 79.9. The van der Waals surface area contributed by atoms with Gasteiger partial charge in [-0.05, 0) is 49.8 Å². The average molecular weight is 467 g/mol. The number of carbonyl (C=O) groups is 2. The zero-order valence-corrected chi connectivity index (χ0v) is 16.7. The maximum absolute atomic E-state index is 14.5. The second-order valence-electron chi connectivity index (χ2n) is 6.23. The summed E-state index contributed by atoms with van der Waals surface area (Å²) < 4.78 is 24.6. The third-order valence-corrected chi connectivity index (χ3v) is 7.69. The summed E-state index contributed by atoms with van der Waals surface area (Å²) in [5.41, 5.74) is 0.814. The minimum absolute atomic E-state index is 0.0408. The van der Waals surface area contributed by atoms with Gasteiger partial charge >= 0.3 is 7.60 Å². The predicted octanol–water partition coefficient (Wildman–Crippen LogP) is 3.66. The monoisotopic (exact) mass is 465 g/mol. The summed E-state index contributed by atoms with van der Waals surface area (Å²) in [6, 6.07) is 2.15. The summed E-state index contributed by atoms with van der Waals surface area (Å²) in [6.45, 7) is 0. The number of alkyl halides is 1. The van der Waals surface area contributed by atoms with E-state index in [1.165, 1.54) is 6.07 Å². The number of hydrogen-bond donors (Lipinski definition) is 2. The molecule has 1 aromatic carbocycles. The van der Waals surface area contributed by atoms with Crippen LogP contribution in [-0.4, -0.2) is 26.2 Å². The third-order valence-electron chi connectivity index (χ3n) is 4.50. The molecule has 2 aliphatic rings. The molecule has 1 aliphatic heterocycles. The lowest BCUT2D eigenvalue weighted by atomic mass is 9.93. The van der Waals surface area contributed by atoms with Crippen LogP contribution >= 0.6 is 35.1 Å². The standard InChI is InChI=1S/C16H15BrClFNO5P/c17-14(26(23,24)25)6-8-5-13(12(19)7-11(8)18)20-15(21)9-3-1-2-4-10(9)16(20)22/h5,7,14H,1-4,6H2,(H2,23,24,25). The van der Waals surface area contributed by atoms with Gasteiger partial charge in [-0.3, -0.25) is 14.2 Å². The first-order valence-corrected chi connectivity index (χ1v) is 10.9. The van der Waals surface area contributed by atoms with Crippen LogP contribution in [0.1, 0.15) is 31.2 Å². The molecule has 1 aromatic rings. The van der Waals surface area contributed by atoms with Crippen molar-refractivity contribution in [1.29, 1.82) is 0 Å². The molecule has 0 aromatic heterocycles. The average Bonchev–Trinajstić information content (AvgIpc) is 2.81. The van der Waals surface area contributed by atoms with Gasteiger partial charge < -0.3 is 9.79 Å². The lowest BCUT2D eigenvalue weighted by Gasteiger charge is -2.19. The second-order valence-corrected chi connectivity index (χ2v) is 10.3. The van der Waals surface area contributed by atoms with E-state index in [1.54, 1.807) is 0 Å². The molecule has 0 fully saturated rings. The highest BCUT2D eigenvalue weighted by Gasteiger charge is 2.41. The quantitative estimate of drug-likeness (QED) is 0.401. The summed E-state index contributed by atoms with van der Waals surface area (Å²) >= 11 is 8.88. The van der Waals surface area contributed by atoms with Crippen LogP contribution in [0, 0.1) is 5.82 Å². The van der Waals surface area contributed by atoms with Crippen molar-refractivity contribution in [2.75, 3.05) is 4.90 Å². The minimum atomic E-state index is -4.43. The van der Waals surface area contributed by atoms with Gasteiger partial charge in [-0.25, -0.2) is 9.29 Å². The van der Waals surface area contributed by atoms with E-state index in [1.807, 2.05) is 0 Å². The summed E-state index contributed by atoms with van der Waals surface area (Å²) in [5, 5.41) is -0.0408. The summed E-state index contributed by atoms with van der Waals surface area (Å²) in [4.78, 5) is 44.4. The topological polar surface area (TPSA) is 94.9 Å². The maximum atomic E-state index is 14.5. The fourth-order valence-electron chi connectivity index (χ4n) is 3.17. The number of amides is 2. The molecular formula is C16H15BrClFNO5P. The second kappa shape index (κ2) is 7.17. The van der Waals surface area contributed by atoms with Gasteiger partial charge in [-0.2, -0.15) is 0 Å². The summed E-state index contributed by atoms with van der Waals surface area (Å²) in [6.07, 6.45) is 2.38. The van der Waals surface area contributed by atoms with Crippen molar-refractivity contribution < 1.29 is 28.3 Å². The maximum Gasteiger partial charge on any atom is 0.339 e. The Balaban J connectivity index is 1.99. The smallest absolute Gasteiger partial charge is 0.324 e. The van der Waals surface area contributed by atoms with Gasteiger partial charge in [0.05, 0.1) is 5.69 Å². The van der Waals surface area contributed by atoms with Gasteiger partial charge in [-0.1, -0.05) is 27.5 Å². The van der Waals surface area contributed by atoms with Crippen LogP contribution in [0.25, 0.3) is 0 Å². The lowest BCUT2D eigenvalue weighted by molar-refractivity contribution is -0.120. The van der Waals surface area contributed by atoms with Crippen LogP contribution in [0.4, 0.5) is 10.1 Å². The minimum Gasteiger partial charge on any atom is -0.324 e. The van der Waals surface area contributed by atoms with E-state index in [4.69, 9.17) is 11.6 Å². The first kappa shape index (κ1) is 19.7. The van der Waals surface area contributed by atoms with E-state index in [0.717, 1.165) is 23.8 Å². The normalized spacial score (nSPS) is 19.2. The molecule has 6 nitrogen and oxygen atoms in total. The van der Waals surface area contributed by atoms with Crippen molar-refractivity contribution in [3.8, 4) is 0 Å². The van der Waals surface area contributed by atoms with Gasteiger partial charge in [0.1, 0.15) is 10.4 Å². The van der Waals surface area contributed by atoms with E-state index in [-0.39, 0.29) is 22.7 Å². The molecule has 0 spiro atoms. The first-order valence-electron chi connectivity index (χ1n) is 7.89. The Kier molecular flexibility index (Phi) is 5.43. The van der Waals surface area contributed by atoms with Crippen molar-refractivity contribution in [2.24, 2.45) is 0 Å². The van der Waals surface area contributed by atoms with Crippen LogP contribution in [0.15, 0.2) is 23.3 Å². The first-order chi connectivity index (χ1) is 12.1. The van der Waals surface area contributed by atoms with Crippen LogP contribution in [0.3, 0.4) is 0 Å². The van der Waals surface area contributed by atoms with Crippen molar-refractivity contribution >= 4 is 52.6 Å². The van der Waals surface area contributed by atoms with E-state index >= 15 is 0 Å². The van der Waals surface area contributed by atoms with E-state index in [2.05, 4.69) is 15.9 Å². The molecule has 3 rings (SSSR count). The number of benzene rings is 1. The largest absolute Gasteiger partial charge is 0.339 e. The Labute approximate surface area is 162 Å². The Hall–Kier alpha value is -1.05. The number of carbonyl (C=O) groups excluding carboxylic acids is 2. The summed E-state index contributed by atoms with van der Waals surface area (Å²) in [7, 11) is -4.43. The number of rotatable bonds is 4. The molecule has 0 radical (unpaired) electrons. The number of halogens is 3.